The van der Waals surface area contributed by atoms with E-state index in [4.69, 9.17) is 5.11 Å². The van der Waals surface area contributed by atoms with Crippen molar-refractivity contribution < 1.29 is 27.1 Å². The van der Waals surface area contributed by atoms with Crippen molar-refractivity contribution in [1.82, 2.24) is 4.98 Å². The summed E-state index contributed by atoms with van der Waals surface area (Å²) in [6, 6.07) is 0. The maximum Gasteiger partial charge on any atom is 0.419 e. The molecule has 1 rings (SSSR count). The second-order valence-corrected chi connectivity index (χ2v) is 3.57. The van der Waals surface area contributed by atoms with Gasteiger partial charge in [-0.25, -0.2) is 13.8 Å². The van der Waals surface area contributed by atoms with Crippen molar-refractivity contribution in [2.24, 2.45) is 0 Å². The second-order valence-electron chi connectivity index (χ2n) is 2.81. The van der Waals surface area contributed by atoms with Gasteiger partial charge in [-0.05, 0) is 15.9 Å². The minimum atomic E-state index is -4.85. The van der Waals surface area contributed by atoms with E-state index in [0.717, 1.165) is 0 Å². The molecule has 90 valence electrons. The van der Waals surface area contributed by atoms with E-state index in [1.165, 1.54) is 0 Å². The molecule has 0 unspecified atom stereocenters. The van der Waals surface area contributed by atoms with E-state index in [2.05, 4.69) is 20.9 Å². The van der Waals surface area contributed by atoms with Gasteiger partial charge in [0.15, 0.2) is 0 Å². The Bertz CT molecular complexity index is 393. The molecule has 1 heterocycles. The molecule has 8 heteroatoms. The Labute approximate surface area is 95.2 Å². The molecular formula is C8H5BrF5NO. The van der Waals surface area contributed by atoms with E-state index in [1.807, 2.05) is 0 Å². The van der Waals surface area contributed by atoms with Gasteiger partial charge < -0.3 is 5.11 Å². The smallest absolute Gasteiger partial charge is 0.392 e. The van der Waals surface area contributed by atoms with Crippen LogP contribution in [0.3, 0.4) is 0 Å². The van der Waals surface area contributed by atoms with Gasteiger partial charge in [0.05, 0.1) is 12.2 Å². The first-order valence-electron chi connectivity index (χ1n) is 3.92. The predicted molar refractivity (Wildman–Crippen MR) is 47.8 cm³/mol. The van der Waals surface area contributed by atoms with E-state index < -0.39 is 40.5 Å². The maximum absolute atomic E-state index is 12.5. The number of aliphatic hydroxyl groups is 1. The summed E-state index contributed by atoms with van der Waals surface area (Å²) in [5.74, 6) is 0. The molecule has 0 aliphatic rings. The number of rotatable bonds is 2. The average Bonchev–Trinajstić information content (AvgIpc) is 2.14. The number of hydrogen-bond donors (Lipinski definition) is 1. The van der Waals surface area contributed by atoms with Crippen LogP contribution in [-0.4, -0.2) is 10.1 Å². The van der Waals surface area contributed by atoms with E-state index in [1.54, 1.807) is 0 Å². The van der Waals surface area contributed by atoms with Crippen molar-refractivity contribution in [3.05, 3.63) is 27.5 Å². The van der Waals surface area contributed by atoms with E-state index in [-0.39, 0.29) is 0 Å². The molecule has 0 saturated heterocycles. The summed E-state index contributed by atoms with van der Waals surface area (Å²) < 4.78 is 61.7. The van der Waals surface area contributed by atoms with Gasteiger partial charge in [-0.2, -0.15) is 13.2 Å². The third-order valence-electron chi connectivity index (χ3n) is 1.85. The molecule has 16 heavy (non-hydrogen) atoms. The molecule has 0 spiro atoms. The average molecular weight is 306 g/mol. The highest BCUT2D eigenvalue weighted by molar-refractivity contribution is 9.10. The molecule has 1 aromatic heterocycles. The molecule has 0 bridgehead atoms. The Morgan fingerprint density at radius 3 is 2.31 bits per heavy atom. The van der Waals surface area contributed by atoms with Gasteiger partial charge in [-0.3, -0.25) is 0 Å². The van der Waals surface area contributed by atoms with Crippen molar-refractivity contribution in [2.45, 2.75) is 19.2 Å². The largest absolute Gasteiger partial charge is 0.419 e. The highest BCUT2D eigenvalue weighted by atomic mass is 79.9. The molecule has 0 radical (unpaired) electrons. The first kappa shape index (κ1) is 13.3. The molecule has 0 amide bonds. The summed E-state index contributed by atoms with van der Waals surface area (Å²) >= 11 is 2.52. The molecular weight excluding hydrogens is 301 g/mol. The number of hydrogen-bond acceptors (Lipinski definition) is 2. The zero-order valence-electron chi connectivity index (χ0n) is 7.52. The van der Waals surface area contributed by atoms with Crippen molar-refractivity contribution >= 4 is 15.9 Å². The van der Waals surface area contributed by atoms with Gasteiger partial charge >= 0.3 is 6.18 Å². The minimum absolute atomic E-state index is 0.607. The highest BCUT2D eigenvalue weighted by Crippen LogP contribution is 2.39. The van der Waals surface area contributed by atoms with Crippen LogP contribution in [0.4, 0.5) is 22.0 Å². The van der Waals surface area contributed by atoms with Crippen LogP contribution < -0.4 is 0 Å². The summed E-state index contributed by atoms with van der Waals surface area (Å²) in [6.45, 7) is -1.13. The van der Waals surface area contributed by atoms with Crippen molar-refractivity contribution in [2.75, 3.05) is 0 Å². The van der Waals surface area contributed by atoms with Crippen molar-refractivity contribution in [3.63, 3.8) is 0 Å². The Hall–Kier alpha value is -0.760. The first-order chi connectivity index (χ1) is 7.29. The van der Waals surface area contributed by atoms with Crippen molar-refractivity contribution in [3.8, 4) is 0 Å². The Kier molecular flexibility index (Phi) is 3.84. The fourth-order valence-electron chi connectivity index (χ4n) is 1.18. The van der Waals surface area contributed by atoms with Crippen LogP contribution in [0.2, 0.25) is 0 Å². The molecule has 0 saturated carbocycles. The van der Waals surface area contributed by atoms with Crippen LogP contribution in [0.15, 0.2) is 10.8 Å². The predicted octanol–water partition coefficient (Wildman–Crippen LogP) is 3.29. The SMILES string of the molecule is OCc1c(C(F)F)cnc(Br)c1C(F)(F)F. The van der Waals surface area contributed by atoms with Crippen LogP contribution in [0.5, 0.6) is 0 Å². The van der Waals surface area contributed by atoms with E-state index in [0.29, 0.717) is 6.20 Å². The molecule has 0 aliphatic carbocycles. The van der Waals surface area contributed by atoms with Gasteiger partial charge in [-0.1, -0.05) is 0 Å². The quantitative estimate of drug-likeness (QED) is 0.672. The number of alkyl halides is 5. The third kappa shape index (κ3) is 2.49. The van der Waals surface area contributed by atoms with Crippen LogP contribution in [0.25, 0.3) is 0 Å². The Balaban J connectivity index is 3.51. The fourth-order valence-corrected chi connectivity index (χ4v) is 1.75. The number of aliphatic hydroxyl groups excluding tert-OH is 1. The molecule has 1 aromatic rings. The fraction of sp³-hybridized carbons (Fsp3) is 0.375. The number of pyridine rings is 1. The molecule has 1 N–H and O–H groups in total. The summed E-state index contributed by atoms with van der Waals surface area (Å²) in [6.07, 6.45) is -7.37. The van der Waals surface area contributed by atoms with E-state index in [9.17, 15) is 22.0 Å². The topological polar surface area (TPSA) is 33.1 Å². The molecule has 0 aliphatic heterocycles. The lowest BCUT2D eigenvalue weighted by Crippen LogP contribution is -2.14. The van der Waals surface area contributed by atoms with Gasteiger partial charge in [-0.15, -0.1) is 0 Å². The summed E-state index contributed by atoms with van der Waals surface area (Å²) in [7, 11) is 0. The number of aromatic nitrogens is 1. The summed E-state index contributed by atoms with van der Waals surface area (Å²) in [5, 5.41) is 8.75. The Morgan fingerprint density at radius 2 is 1.94 bits per heavy atom. The lowest BCUT2D eigenvalue weighted by atomic mass is 10.1. The standard InChI is InChI=1S/C8H5BrF5NO/c9-6-5(8(12,13)14)4(2-16)3(1-15-6)7(10)11/h1,7,16H,2H2. The molecule has 2 nitrogen and oxygen atoms in total. The van der Waals surface area contributed by atoms with Crippen LogP contribution in [0.1, 0.15) is 23.1 Å². The highest BCUT2D eigenvalue weighted by Gasteiger charge is 2.38. The number of nitrogens with zero attached hydrogens (tertiary/aromatic N) is 1. The monoisotopic (exact) mass is 305 g/mol. The van der Waals surface area contributed by atoms with Crippen molar-refractivity contribution in [1.29, 1.82) is 0 Å². The zero-order chi connectivity index (χ0) is 12.5. The lowest BCUT2D eigenvalue weighted by molar-refractivity contribution is -0.139. The van der Waals surface area contributed by atoms with Gasteiger partial charge in [0.1, 0.15) is 4.60 Å². The molecule has 0 atom stereocenters. The van der Waals surface area contributed by atoms with E-state index >= 15 is 0 Å². The maximum atomic E-state index is 12.5. The normalized spacial score (nSPS) is 12.2. The first-order valence-corrected chi connectivity index (χ1v) is 4.71. The lowest BCUT2D eigenvalue weighted by Gasteiger charge is -2.15. The summed E-state index contributed by atoms with van der Waals surface area (Å²) in [4.78, 5) is 3.18. The number of halogens is 6. The zero-order valence-corrected chi connectivity index (χ0v) is 9.11. The minimum Gasteiger partial charge on any atom is -0.392 e. The molecule has 0 fully saturated rings. The van der Waals surface area contributed by atoms with Gasteiger partial charge in [0, 0.05) is 17.3 Å². The van der Waals surface area contributed by atoms with Gasteiger partial charge in [0.2, 0.25) is 0 Å². The van der Waals surface area contributed by atoms with Crippen LogP contribution in [-0.2, 0) is 12.8 Å². The van der Waals surface area contributed by atoms with Crippen LogP contribution in [0, 0.1) is 0 Å². The second kappa shape index (κ2) is 4.62. The third-order valence-corrected chi connectivity index (χ3v) is 2.45. The van der Waals surface area contributed by atoms with Crippen LogP contribution >= 0.6 is 15.9 Å². The Morgan fingerprint density at radius 1 is 1.38 bits per heavy atom. The summed E-state index contributed by atoms with van der Waals surface area (Å²) in [5.41, 5.74) is -3.14. The van der Waals surface area contributed by atoms with Gasteiger partial charge in [0.25, 0.3) is 6.43 Å². The molecule has 0 aromatic carbocycles.